The molecule has 0 fully saturated rings. The van der Waals surface area contributed by atoms with E-state index in [2.05, 4.69) is 10.0 Å². The fourth-order valence-electron chi connectivity index (χ4n) is 0.855. The van der Waals surface area contributed by atoms with Gasteiger partial charge in [-0.05, 0) is 11.6 Å². The summed E-state index contributed by atoms with van der Waals surface area (Å²) in [6.07, 6.45) is 3.46. The molecule has 5 nitrogen and oxygen atoms in total. The molecule has 1 heterocycles. The summed E-state index contributed by atoms with van der Waals surface area (Å²) in [5.41, 5.74) is 8.54. The van der Waals surface area contributed by atoms with Crippen molar-refractivity contribution in [1.29, 1.82) is 0 Å². The summed E-state index contributed by atoms with van der Waals surface area (Å²) in [7, 11) is 1.82. The lowest BCUT2D eigenvalue weighted by atomic mass is 10.2. The maximum atomic E-state index is 11.1. The third-order valence-corrected chi connectivity index (χ3v) is 1.43. The number of hydrogen-bond acceptors (Lipinski definition) is 2. The van der Waals surface area contributed by atoms with Crippen LogP contribution in [0.4, 0.5) is 0 Å². The second-order valence-corrected chi connectivity index (χ2v) is 2.38. The number of nitrogens with zero attached hydrogens (tertiary/aromatic N) is 4. The Bertz CT molecular complexity index is 335. The molecule has 0 aliphatic heterocycles. The van der Waals surface area contributed by atoms with Gasteiger partial charge in [0, 0.05) is 29.9 Å². The van der Waals surface area contributed by atoms with E-state index in [0.717, 1.165) is 0 Å². The average molecular weight is 164 g/mol. The molecule has 0 atom stereocenters. The van der Waals surface area contributed by atoms with Crippen LogP contribution in [0.3, 0.4) is 0 Å². The van der Waals surface area contributed by atoms with E-state index < -0.39 is 0 Å². The zero-order valence-corrected chi connectivity index (χ0v) is 6.64. The number of azide groups is 1. The van der Waals surface area contributed by atoms with Gasteiger partial charge in [-0.15, -0.1) is 0 Å². The minimum atomic E-state index is -0.159. The molecule has 0 aliphatic carbocycles. The van der Waals surface area contributed by atoms with E-state index in [1.807, 2.05) is 7.05 Å². The lowest BCUT2D eigenvalue weighted by Crippen LogP contribution is -2.00. The fourth-order valence-corrected chi connectivity index (χ4v) is 0.855. The number of carbonyl (C=O) groups excluding carboxylic acids is 1. The molecule has 0 aromatic carbocycles. The van der Waals surface area contributed by atoms with Gasteiger partial charge in [0.2, 0.25) is 0 Å². The number of ketones is 1. The Labute approximate surface area is 69.2 Å². The second kappa shape index (κ2) is 3.59. The van der Waals surface area contributed by atoms with Crippen molar-refractivity contribution in [2.24, 2.45) is 12.2 Å². The first kappa shape index (κ1) is 8.36. The summed E-state index contributed by atoms with van der Waals surface area (Å²) >= 11 is 0. The predicted octanol–water partition coefficient (Wildman–Crippen LogP) is 1.52. The van der Waals surface area contributed by atoms with E-state index in [-0.39, 0.29) is 12.3 Å². The monoisotopic (exact) mass is 164 g/mol. The molecule has 0 saturated heterocycles. The quantitative estimate of drug-likeness (QED) is 0.289. The molecule has 1 aromatic heterocycles. The fraction of sp³-hybridized carbons (Fsp3) is 0.286. The van der Waals surface area contributed by atoms with Crippen molar-refractivity contribution in [3.8, 4) is 0 Å². The molecule has 1 rings (SSSR count). The number of Topliss-reactive ketones (excluding diaryl/α,β-unsaturated/α-hetero) is 1. The van der Waals surface area contributed by atoms with E-state index in [1.54, 1.807) is 23.0 Å². The standard InChI is InChI=1S/C7H8N4O/c1-11-3-2-6(5-11)7(12)4-9-10-8/h2-3,5H,4H2,1H3. The van der Waals surface area contributed by atoms with Gasteiger partial charge >= 0.3 is 0 Å². The highest BCUT2D eigenvalue weighted by Gasteiger charge is 2.04. The molecule has 1 aromatic rings. The molecule has 5 heteroatoms. The molecular weight excluding hydrogens is 156 g/mol. The van der Waals surface area contributed by atoms with Crippen molar-refractivity contribution < 1.29 is 4.79 Å². The van der Waals surface area contributed by atoms with Crippen LogP contribution in [-0.2, 0) is 7.05 Å². The van der Waals surface area contributed by atoms with Crippen molar-refractivity contribution in [1.82, 2.24) is 4.57 Å². The highest BCUT2D eigenvalue weighted by Crippen LogP contribution is 2.00. The van der Waals surface area contributed by atoms with Crippen LogP contribution in [0.1, 0.15) is 10.4 Å². The van der Waals surface area contributed by atoms with Crippen LogP contribution in [0.25, 0.3) is 10.4 Å². The molecule has 0 amide bonds. The Morgan fingerprint density at radius 2 is 2.58 bits per heavy atom. The number of aryl methyl sites for hydroxylation is 1. The van der Waals surface area contributed by atoms with Crippen LogP contribution in [0.15, 0.2) is 23.6 Å². The number of rotatable bonds is 3. The van der Waals surface area contributed by atoms with Crippen molar-refractivity contribution in [2.45, 2.75) is 0 Å². The lowest BCUT2D eigenvalue weighted by molar-refractivity contribution is 0.100. The minimum absolute atomic E-state index is 0.111. The molecular formula is C7H8N4O. The van der Waals surface area contributed by atoms with Crippen LogP contribution in [0.5, 0.6) is 0 Å². The second-order valence-electron chi connectivity index (χ2n) is 2.38. The first-order valence-electron chi connectivity index (χ1n) is 3.40. The molecule has 0 saturated carbocycles. The third kappa shape index (κ3) is 1.87. The summed E-state index contributed by atoms with van der Waals surface area (Å²) in [5, 5.41) is 3.18. The Morgan fingerprint density at radius 1 is 1.83 bits per heavy atom. The predicted molar refractivity (Wildman–Crippen MR) is 43.8 cm³/mol. The topological polar surface area (TPSA) is 70.8 Å². The highest BCUT2D eigenvalue weighted by atomic mass is 16.1. The summed E-state index contributed by atoms with van der Waals surface area (Å²) in [5.74, 6) is -0.159. The van der Waals surface area contributed by atoms with Gasteiger partial charge in [-0.1, -0.05) is 5.11 Å². The summed E-state index contributed by atoms with van der Waals surface area (Å²) in [4.78, 5) is 13.6. The van der Waals surface area contributed by atoms with Gasteiger partial charge in [-0.2, -0.15) is 0 Å². The van der Waals surface area contributed by atoms with Crippen molar-refractivity contribution in [3.63, 3.8) is 0 Å². The molecule has 0 radical (unpaired) electrons. The highest BCUT2D eigenvalue weighted by molar-refractivity contribution is 5.97. The van der Waals surface area contributed by atoms with Crippen LogP contribution in [0.2, 0.25) is 0 Å². The minimum Gasteiger partial charge on any atom is -0.357 e. The van der Waals surface area contributed by atoms with E-state index in [0.29, 0.717) is 5.56 Å². The molecule has 0 spiro atoms. The number of aromatic nitrogens is 1. The molecule has 0 aliphatic rings. The molecule has 62 valence electrons. The molecule has 0 bridgehead atoms. The van der Waals surface area contributed by atoms with Gasteiger partial charge in [0.25, 0.3) is 0 Å². The van der Waals surface area contributed by atoms with Gasteiger partial charge in [0.15, 0.2) is 5.78 Å². The Balaban J connectivity index is 2.71. The van der Waals surface area contributed by atoms with E-state index in [1.165, 1.54) is 0 Å². The van der Waals surface area contributed by atoms with Crippen molar-refractivity contribution >= 4 is 5.78 Å². The summed E-state index contributed by atoms with van der Waals surface area (Å²) < 4.78 is 1.77. The first-order chi connectivity index (χ1) is 5.74. The van der Waals surface area contributed by atoms with Crippen LogP contribution in [-0.4, -0.2) is 16.9 Å². The van der Waals surface area contributed by atoms with Gasteiger partial charge in [0.1, 0.15) is 0 Å². The Kier molecular flexibility index (Phi) is 2.50. The van der Waals surface area contributed by atoms with Crippen LogP contribution >= 0.6 is 0 Å². The molecule has 0 N–H and O–H groups in total. The maximum Gasteiger partial charge on any atom is 0.170 e. The van der Waals surface area contributed by atoms with E-state index >= 15 is 0 Å². The Hall–Kier alpha value is -1.74. The van der Waals surface area contributed by atoms with Gasteiger partial charge in [-0.25, -0.2) is 0 Å². The normalized spacial score (nSPS) is 9.08. The summed E-state index contributed by atoms with van der Waals surface area (Å²) in [6.45, 7) is -0.111. The van der Waals surface area contributed by atoms with Crippen LogP contribution < -0.4 is 0 Å². The Morgan fingerprint density at radius 3 is 3.08 bits per heavy atom. The third-order valence-electron chi connectivity index (χ3n) is 1.43. The zero-order valence-electron chi connectivity index (χ0n) is 6.64. The zero-order chi connectivity index (χ0) is 8.97. The van der Waals surface area contributed by atoms with E-state index in [4.69, 9.17) is 5.53 Å². The van der Waals surface area contributed by atoms with Gasteiger partial charge < -0.3 is 4.57 Å². The van der Waals surface area contributed by atoms with Gasteiger partial charge in [-0.3, -0.25) is 4.79 Å². The summed E-state index contributed by atoms with van der Waals surface area (Å²) in [6, 6.07) is 1.69. The SMILES string of the molecule is Cn1ccc(C(=O)CN=[N+]=[N-])c1. The lowest BCUT2D eigenvalue weighted by Gasteiger charge is -1.89. The smallest absolute Gasteiger partial charge is 0.170 e. The van der Waals surface area contributed by atoms with Crippen LogP contribution in [0, 0.1) is 0 Å². The largest absolute Gasteiger partial charge is 0.357 e. The number of carbonyl (C=O) groups is 1. The van der Waals surface area contributed by atoms with Crippen molar-refractivity contribution in [3.05, 3.63) is 34.5 Å². The molecule has 12 heavy (non-hydrogen) atoms. The average Bonchev–Trinajstić information content (AvgIpc) is 2.47. The van der Waals surface area contributed by atoms with Crippen molar-refractivity contribution in [2.75, 3.05) is 6.54 Å². The first-order valence-corrected chi connectivity index (χ1v) is 3.40. The maximum absolute atomic E-state index is 11.1. The molecule has 0 unspecified atom stereocenters. The van der Waals surface area contributed by atoms with Gasteiger partial charge in [0.05, 0.1) is 6.54 Å². The van der Waals surface area contributed by atoms with E-state index in [9.17, 15) is 4.79 Å². The number of hydrogen-bond donors (Lipinski definition) is 0.